The molecule has 2 aliphatic rings. The molecule has 4 heterocycles. The number of nitrogens with zero attached hydrogens (tertiary/aromatic N) is 4. The molecule has 0 radical (unpaired) electrons. The molecule has 0 amide bonds. The first-order valence-electron chi connectivity index (χ1n) is 14.4. The number of nitrogens with one attached hydrogen (secondary N) is 1. The fourth-order valence-corrected chi connectivity index (χ4v) is 5.73. The van der Waals surface area contributed by atoms with Gasteiger partial charge in [0.2, 0.25) is 5.88 Å². The van der Waals surface area contributed by atoms with Crippen LogP contribution < -0.4 is 10.1 Å². The van der Waals surface area contributed by atoms with E-state index >= 15 is 0 Å². The van der Waals surface area contributed by atoms with Crippen LogP contribution >= 0.6 is 0 Å². The molecule has 0 atom stereocenters. The lowest BCUT2D eigenvalue weighted by molar-refractivity contribution is 0.312. The minimum Gasteiger partial charge on any atom is -0.507 e. The maximum absolute atomic E-state index is 11.3. The predicted molar refractivity (Wildman–Crippen MR) is 160 cm³/mol. The molecule has 0 saturated carbocycles. The van der Waals surface area contributed by atoms with Crippen LogP contribution in [0.25, 0.3) is 21.9 Å². The summed E-state index contributed by atoms with van der Waals surface area (Å²) in [5.41, 5.74) is 7.49. The zero-order chi connectivity index (χ0) is 27.4. The Balaban J connectivity index is 0.00000151. The first-order valence-corrected chi connectivity index (χ1v) is 14.4. The summed E-state index contributed by atoms with van der Waals surface area (Å²) in [6.45, 7) is 11.9. The normalized spacial score (nSPS) is 16.0. The molecule has 2 N–H and O–H groups in total. The molecule has 0 unspecified atom stereocenters. The molecule has 4 aromatic rings. The van der Waals surface area contributed by atoms with Gasteiger partial charge in [-0.3, -0.25) is 9.80 Å². The summed E-state index contributed by atoms with van der Waals surface area (Å²) in [7, 11) is 1.63. The van der Waals surface area contributed by atoms with Crippen molar-refractivity contribution in [3.8, 4) is 11.6 Å². The van der Waals surface area contributed by atoms with Crippen molar-refractivity contribution in [2.75, 3.05) is 38.6 Å². The zero-order valence-corrected chi connectivity index (χ0v) is 23.8. The van der Waals surface area contributed by atoms with E-state index in [0.717, 1.165) is 89.3 Å². The summed E-state index contributed by atoms with van der Waals surface area (Å²) in [4.78, 5) is 14.5. The van der Waals surface area contributed by atoms with Crippen LogP contribution in [0.5, 0.6) is 11.6 Å². The third-order valence-corrected chi connectivity index (χ3v) is 7.68. The minimum absolute atomic E-state index is 0.434. The molecular formula is C32H41N5O2. The number of phenolic OH excluding ortho intramolecular Hbond substituents is 1. The summed E-state index contributed by atoms with van der Waals surface area (Å²) in [6, 6.07) is 14.3. The van der Waals surface area contributed by atoms with Gasteiger partial charge < -0.3 is 15.2 Å². The molecular weight excluding hydrogens is 486 g/mol. The van der Waals surface area contributed by atoms with Gasteiger partial charge in [0, 0.05) is 41.4 Å². The number of hydrogen-bond acceptors (Lipinski definition) is 7. The van der Waals surface area contributed by atoms with Crippen molar-refractivity contribution >= 4 is 33.3 Å². The number of aryl methyl sites for hydroxylation is 1. The third kappa shape index (κ3) is 5.94. The van der Waals surface area contributed by atoms with Crippen molar-refractivity contribution in [2.45, 2.75) is 59.5 Å². The van der Waals surface area contributed by atoms with Gasteiger partial charge >= 0.3 is 0 Å². The summed E-state index contributed by atoms with van der Waals surface area (Å²) in [6.07, 6.45) is 4.89. The first kappa shape index (κ1) is 27.2. The van der Waals surface area contributed by atoms with Crippen molar-refractivity contribution in [1.29, 1.82) is 0 Å². The molecule has 2 saturated heterocycles. The highest BCUT2D eigenvalue weighted by atomic mass is 16.5. The second kappa shape index (κ2) is 12.2. The minimum atomic E-state index is 0.434. The van der Waals surface area contributed by atoms with Gasteiger partial charge in [0.15, 0.2) is 0 Å². The lowest BCUT2D eigenvalue weighted by atomic mass is 10.0. The molecule has 2 fully saturated rings. The van der Waals surface area contributed by atoms with Gasteiger partial charge in [0.1, 0.15) is 11.3 Å². The Kier molecular flexibility index (Phi) is 8.48. The quantitative estimate of drug-likeness (QED) is 0.203. The van der Waals surface area contributed by atoms with Gasteiger partial charge in [-0.15, -0.1) is 0 Å². The number of benzene rings is 2. The molecule has 7 nitrogen and oxygen atoms in total. The van der Waals surface area contributed by atoms with Crippen LogP contribution in [0, 0.1) is 6.92 Å². The van der Waals surface area contributed by atoms with Crippen LogP contribution in [0.1, 0.15) is 56.2 Å². The highest BCUT2D eigenvalue weighted by Gasteiger charge is 2.20. The average molecular weight is 528 g/mol. The number of rotatable bonds is 7. The van der Waals surface area contributed by atoms with Crippen molar-refractivity contribution in [1.82, 2.24) is 19.8 Å². The van der Waals surface area contributed by atoms with Crippen molar-refractivity contribution < 1.29 is 9.84 Å². The SMILES string of the molecule is CC.COc1ccc2nc3cc(C)ccc3c(Nc3cc(CN4CCCC4)c(O)c(CN4CCCC4)c3)c2n1. The Hall–Kier alpha value is -3.42. The smallest absolute Gasteiger partial charge is 0.213 e. The molecule has 0 bridgehead atoms. The zero-order valence-electron chi connectivity index (χ0n) is 23.8. The van der Waals surface area contributed by atoms with E-state index in [1.54, 1.807) is 7.11 Å². The predicted octanol–water partition coefficient (Wildman–Crippen LogP) is 6.77. The van der Waals surface area contributed by atoms with Crippen LogP contribution in [-0.2, 0) is 13.1 Å². The van der Waals surface area contributed by atoms with Gasteiger partial charge in [0.25, 0.3) is 0 Å². The van der Waals surface area contributed by atoms with Crippen molar-refractivity contribution in [3.05, 3.63) is 59.2 Å². The highest BCUT2D eigenvalue weighted by molar-refractivity contribution is 6.07. The monoisotopic (exact) mass is 527 g/mol. The summed E-state index contributed by atoms with van der Waals surface area (Å²) in [5.74, 6) is 0.989. The third-order valence-electron chi connectivity index (χ3n) is 7.68. The van der Waals surface area contributed by atoms with E-state index in [2.05, 4.69) is 52.4 Å². The van der Waals surface area contributed by atoms with E-state index in [1.807, 2.05) is 26.0 Å². The number of aromatic hydroxyl groups is 1. The molecule has 2 aliphatic heterocycles. The van der Waals surface area contributed by atoms with Crippen LogP contribution in [0.2, 0.25) is 0 Å². The Labute approximate surface area is 231 Å². The molecule has 39 heavy (non-hydrogen) atoms. The van der Waals surface area contributed by atoms with Gasteiger partial charge in [0.05, 0.1) is 23.8 Å². The first-order chi connectivity index (χ1) is 19.1. The number of ether oxygens (including phenoxy) is 1. The van der Waals surface area contributed by atoms with Crippen LogP contribution in [-0.4, -0.2) is 58.2 Å². The standard InChI is InChI=1S/C30H35N5O2.C2H6/c1-20-7-8-24-26(15-20)32-25-9-10-27(37-2)33-29(25)28(24)31-23-16-21(18-34-11-3-4-12-34)30(36)22(17-23)19-35-13-5-6-14-35;1-2/h7-10,15-17,36H,3-6,11-14,18-19H2,1-2H3,(H,31,32);1-2H3. The number of fused-ring (bicyclic) bond motifs is 2. The van der Waals surface area contributed by atoms with Crippen LogP contribution in [0.15, 0.2) is 42.5 Å². The van der Waals surface area contributed by atoms with Gasteiger partial charge in [-0.25, -0.2) is 9.97 Å². The number of likely N-dealkylation sites (tertiary alicyclic amines) is 2. The Morgan fingerprint density at radius 2 is 1.44 bits per heavy atom. The van der Waals surface area contributed by atoms with Crippen LogP contribution in [0.3, 0.4) is 0 Å². The van der Waals surface area contributed by atoms with Gasteiger partial charge in [-0.05, 0) is 88.6 Å². The fraction of sp³-hybridized carbons (Fsp3) is 0.438. The number of methoxy groups -OCH3 is 1. The molecule has 7 heteroatoms. The average Bonchev–Trinajstić information content (AvgIpc) is 3.66. The second-order valence-electron chi connectivity index (χ2n) is 10.5. The van der Waals surface area contributed by atoms with E-state index in [9.17, 15) is 5.11 Å². The van der Waals surface area contributed by atoms with Crippen molar-refractivity contribution in [2.24, 2.45) is 0 Å². The summed E-state index contributed by atoms with van der Waals surface area (Å²) < 4.78 is 5.45. The molecule has 0 aliphatic carbocycles. The molecule has 2 aromatic heterocycles. The van der Waals surface area contributed by atoms with Crippen molar-refractivity contribution in [3.63, 3.8) is 0 Å². The van der Waals surface area contributed by atoms with Crippen LogP contribution in [0.4, 0.5) is 11.4 Å². The van der Waals surface area contributed by atoms with Gasteiger partial charge in [-0.2, -0.15) is 0 Å². The number of hydrogen-bond donors (Lipinski definition) is 2. The highest BCUT2D eigenvalue weighted by Crippen LogP contribution is 2.37. The molecule has 0 spiro atoms. The topological polar surface area (TPSA) is 73.8 Å². The van der Waals surface area contributed by atoms with E-state index in [4.69, 9.17) is 14.7 Å². The Bertz CT molecular complexity index is 1400. The Morgan fingerprint density at radius 3 is 2.03 bits per heavy atom. The Morgan fingerprint density at radius 1 is 0.821 bits per heavy atom. The maximum Gasteiger partial charge on any atom is 0.213 e. The molecule has 2 aromatic carbocycles. The molecule has 6 rings (SSSR count). The number of pyridine rings is 2. The summed E-state index contributed by atoms with van der Waals surface area (Å²) >= 11 is 0. The lowest BCUT2D eigenvalue weighted by Crippen LogP contribution is -2.20. The van der Waals surface area contributed by atoms with E-state index in [1.165, 1.54) is 25.7 Å². The summed E-state index contributed by atoms with van der Waals surface area (Å²) in [5, 5.41) is 16.0. The van der Waals surface area contributed by atoms with E-state index in [0.29, 0.717) is 11.6 Å². The second-order valence-corrected chi connectivity index (χ2v) is 10.5. The largest absolute Gasteiger partial charge is 0.507 e. The number of phenols is 1. The number of aromatic nitrogens is 2. The van der Waals surface area contributed by atoms with E-state index in [-0.39, 0.29) is 0 Å². The number of anilines is 2. The molecule has 206 valence electrons. The lowest BCUT2D eigenvalue weighted by Gasteiger charge is -2.22. The van der Waals surface area contributed by atoms with Gasteiger partial charge in [-0.1, -0.05) is 26.0 Å². The maximum atomic E-state index is 11.3. The fourth-order valence-electron chi connectivity index (χ4n) is 5.73. The van der Waals surface area contributed by atoms with E-state index < -0.39 is 0 Å².